The van der Waals surface area contributed by atoms with E-state index in [1.165, 1.54) is 10.4 Å². The first-order valence-electron chi connectivity index (χ1n) is 6.37. The first-order chi connectivity index (χ1) is 8.87. The summed E-state index contributed by atoms with van der Waals surface area (Å²) in [6, 6.07) is 2.96. The van der Waals surface area contributed by atoms with Crippen LogP contribution in [0, 0.1) is 13.8 Å². The molecular weight excluding hydrogens is 264 g/mol. The highest BCUT2D eigenvalue weighted by atomic mass is 32.2. The van der Waals surface area contributed by atoms with Crippen molar-refractivity contribution in [1.29, 1.82) is 0 Å². The van der Waals surface area contributed by atoms with Gasteiger partial charge < -0.3 is 10.8 Å². The van der Waals surface area contributed by atoms with E-state index in [1.54, 1.807) is 13.0 Å². The number of hydrogen-bond acceptors (Lipinski definition) is 4. The molecule has 19 heavy (non-hydrogen) atoms. The van der Waals surface area contributed by atoms with Gasteiger partial charge in [-0.05, 0) is 49.9 Å². The number of anilines is 1. The van der Waals surface area contributed by atoms with Crippen LogP contribution in [0.5, 0.6) is 0 Å². The summed E-state index contributed by atoms with van der Waals surface area (Å²) in [5, 5.41) is 9.29. The van der Waals surface area contributed by atoms with Crippen molar-refractivity contribution >= 4 is 15.7 Å². The highest BCUT2D eigenvalue weighted by Gasteiger charge is 2.35. The number of aliphatic hydroxyl groups excluding tert-OH is 1. The van der Waals surface area contributed by atoms with E-state index < -0.39 is 10.0 Å². The van der Waals surface area contributed by atoms with E-state index in [0.29, 0.717) is 18.7 Å². The SMILES string of the molecule is Cc1cc(N)cc(S(=O)(=O)N2CCC[C@H]2CO)c1C. The molecule has 1 aromatic rings. The summed E-state index contributed by atoms with van der Waals surface area (Å²) >= 11 is 0. The number of aryl methyl sites for hydroxylation is 1. The molecule has 6 heteroatoms. The number of nitrogens with zero attached hydrogens (tertiary/aromatic N) is 1. The van der Waals surface area contributed by atoms with Crippen LogP contribution < -0.4 is 5.73 Å². The van der Waals surface area contributed by atoms with Gasteiger partial charge >= 0.3 is 0 Å². The lowest BCUT2D eigenvalue weighted by Crippen LogP contribution is -2.38. The molecule has 0 aromatic heterocycles. The van der Waals surface area contributed by atoms with Gasteiger partial charge in [-0.2, -0.15) is 4.31 Å². The standard InChI is InChI=1S/C13H20N2O3S/c1-9-6-11(14)7-13(10(9)2)19(17,18)15-5-3-4-12(15)8-16/h6-7,12,16H,3-5,8,14H2,1-2H3/t12-/m0/s1. The minimum absolute atomic E-state index is 0.139. The molecule has 3 N–H and O–H groups in total. The fourth-order valence-electron chi connectivity index (χ4n) is 2.56. The number of aliphatic hydroxyl groups is 1. The highest BCUT2D eigenvalue weighted by molar-refractivity contribution is 7.89. The second-order valence-electron chi connectivity index (χ2n) is 5.06. The zero-order valence-corrected chi connectivity index (χ0v) is 12.1. The average molecular weight is 284 g/mol. The second kappa shape index (κ2) is 5.11. The van der Waals surface area contributed by atoms with Crippen LogP contribution in [0.2, 0.25) is 0 Å². The number of benzene rings is 1. The molecule has 2 rings (SSSR count). The van der Waals surface area contributed by atoms with E-state index >= 15 is 0 Å². The van der Waals surface area contributed by atoms with Gasteiger partial charge in [0.15, 0.2) is 0 Å². The number of rotatable bonds is 3. The van der Waals surface area contributed by atoms with Crippen LogP contribution in [0.4, 0.5) is 5.69 Å². The van der Waals surface area contributed by atoms with Crippen molar-refractivity contribution in [3.8, 4) is 0 Å². The van der Waals surface area contributed by atoms with Crippen LogP contribution in [0.15, 0.2) is 17.0 Å². The summed E-state index contributed by atoms with van der Waals surface area (Å²) in [5.41, 5.74) is 7.78. The molecule has 0 bridgehead atoms. The van der Waals surface area contributed by atoms with Crippen molar-refractivity contribution in [2.75, 3.05) is 18.9 Å². The number of nitrogens with two attached hydrogens (primary N) is 1. The first-order valence-corrected chi connectivity index (χ1v) is 7.81. The Morgan fingerprint density at radius 2 is 2.11 bits per heavy atom. The van der Waals surface area contributed by atoms with Gasteiger partial charge in [-0.25, -0.2) is 8.42 Å². The zero-order chi connectivity index (χ0) is 14.2. The number of hydrogen-bond donors (Lipinski definition) is 2. The molecule has 5 nitrogen and oxygen atoms in total. The first kappa shape index (κ1) is 14.3. The van der Waals surface area contributed by atoms with E-state index in [4.69, 9.17) is 5.73 Å². The third-order valence-electron chi connectivity index (χ3n) is 3.76. The van der Waals surface area contributed by atoms with Gasteiger partial charge in [-0.3, -0.25) is 0 Å². The second-order valence-corrected chi connectivity index (χ2v) is 6.91. The molecule has 1 atom stereocenters. The molecule has 0 aliphatic carbocycles. The van der Waals surface area contributed by atoms with Crippen molar-refractivity contribution < 1.29 is 13.5 Å². The van der Waals surface area contributed by atoms with Gasteiger partial charge in [-0.1, -0.05) is 0 Å². The van der Waals surface area contributed by atoms with Crippen molar-refractivity contribution in [2.45, 2.75) is 37.6 Å². The van der Waals surface area contributed by atoms with Gasteiger partial charge in [0.25, 0.3) is 0 Å². The van der Waals surface area contributed by atoms with Crippen LogP contribution in [0.3, 0.4) is 0 Å². The fourth-order valence-corrected chi connectivity index (χ4v) is 4.58. The average Bonchev–Trinajstić information content (AvgIpc) is 2.82. The van der Waals surface area contributed by atoms with Crippen LogP contribution >= 0.6 is 0 Å². The Morgan fingerprint density at radius 3 is 2.74 bits per heavy atom. The summed E-state index contributed by atoms with van der Waals surface area (Å²) in [7, 11) is -3.58. The predicted molar refractivity (Wildman–Crippen MR) is 74.3 cm³/mol. The quantitative estimate of drug-likeness (QED) is 0.812. The van der Waals surface area contributed by atoms with E-state index in [1.807, 2.05) is 6.92 Å². The third kappa shape index (κ3) is 2.48. The van der Waals surface area contributed by atoms with Crippen LogP contribution in [0.25, 0.3) is 0 Å². The molecule has 0 spiro atoms. The van der Waals surface area contributed by atoms with Crippen LogP contribution in [-0.4, -0.2) is 37.0 Å². The molecule has 1 heterocycles. The Labute approximate surface area is 114 Å². The Balaban J connectivity index is 2.51. The Bertz CT molecular complexity index is 584. The van der Waals surface area contributed by atoms with Crippen molar-refractivity contribution in [3.63, 3.8) is 0 Å². The van der Waals surface area contributed by atoms with Gasteiger partial charge in [0.1, 0.15) is 0 Å². The molecule has 0 unspecified atom stereocenters. The maximum absolute atomic E-state index is 12.7. The molecule has 1 aromatic carbocycles. The van der Waals surface area contributed by atoms with Gasteiger partial charge in [-0.15, -0.1) is 0 Å². The van der Waals surface area contributed by atoms with Crippen molar-refractivity contribution in [2.24, 2.45) is 0 Å². The maximum Gasteiger partial charge on any atom is 0.243 e. The molecule has 0 saturated carbocycles. The van der Waals surface area contributed by atoms with Gasteiger partial charge in [0, 0.05) is 18.3 Å². The lowest BCUT2D eigenvalue weighted by molar-refractivity contribution is 0.213. The summed E-state index contributed by atoms with van der Waals surface area (Å²) < 4.78 is 26.8. The molecule has 1 saturated heterocycles. The van der Waals surface area contributed by atoms with E-state index in [-0.39, 0.29) is 17.5 Å². The van der Waals surface area contributed by atoms with E-state index in [0.717, 1.165) is 17.5 Å². The zero-order valence-electron chi connectivity index (χ0n) is 11.3. The Morgan fingerprint density at radius 1 is 1.42 bits per heavy atom. The molecule has 0 amide bonds. The third-order valence-corrected chi connectivity index (χ3v) is 5.84. The maximum atomic E-state index is 12.7. The van der Waals surface area contributed by atoms with Gasteiger partial charge in [0.05, 0.1) is 11.5 Å². The largest absolute Gasteiger partial charge is 0.399 e. The van der Waals surface area contributed by atoms with Gasteiger partial charge in [0.2, 0.25) is 10.0 Å². The minimum Gasteiger partial charge on any atom is -0.399 e. The lowest BCUT2D eigenvalue weighted by Gasteiger charge is -2.24. The molecule has 1 aliphatic heterocycles. The molecule has 0 radical (unpaired) electrons. The molecule has 1 aliphatic rings. The summed E-state index contributed by atoms with van der Waals surface area (Å²) in [4.78, 5) is 0.255. The van der Waals surface area contributed by atoms with E-state index in [2.05, 4.69) is 0 Å². The topological polar surface area (TPSA) is 83.6 Å². The molecule has 106 valence electrons. The summed E-state index contributed by atoms with van der Waals surface area (Å²) in [6.45, 7) is 3.95. The van der Waals surface area contributed by atoms with Crippen molar-refractivity contribution in [3.05, 3.63) is 23.3 Å². The summed E-state index contributed by atoms with van der Waals surface area (Å²) in [5.74, 6) is 0. The normalized spacial score (nSPS) is 20.9. The number of sulfonamides is 1. The Hall–Kier alpha value is -1.11. The van der Waals surface area contributed by atoms with Crippen LogP contribution in [-0.2, 0) is 10.0 Å². The number of nitrogen functional groups attached to an aromatic ring is 1. The molecule has 1 fully saturated rings. The smallest absolute Gasteiger partial charge is 0.243 e. The van der Waals surface area contributed by atoms with Crippen molar-refractivity contribution in [1.82, 2.24) is 4.31 Å². The predicted octanol–water partition coefficient (Wildman–Crippen LogP) is 1.03. The monoisotopic (exact) mass is 284 g/mol. The van der Waals surface area contributed by atoms with E-state index in [9.17, 15) is 13.5 Å². The lowest BCUT2D eigenvalue weighted by atomic mass is 10.1. The Kier molecular flexibility index (Phi) is 3.85. The summed E-state index contributed by atoms with van der Waals surface area (Å²) in [6.07, 6.45) is 1.49. The fraction of sp³-hybridized carbons (Fsp3) is 0.538. The highest BCUT2D eigenvalue weighted by Crippen LogP contribution is 2.30. The van der Waals surface area contributed by atoms with Crippen LogP contribution in [0.1, 0.15) is 24.0 Å². The molecular formula is C13H20N2O3S. The minimum atomic E-state index is -3.58.